The Bertz CT molecular complexity index is 968. The lowest BCUT2D eigenvalue weighted by Crippen LogP contribution is -2.49. The lowest BCUT2D eigenvalue weighted by Gasteiger charge is -2.35. The molecular weight excluding hydrogens is 479 g/mol. The van der Waals surface area contributed by atoms with Gasteiger partial charge in [0, 0.05) is 41.5 Å². The number of hydrogen-bond donors (Lipinski definition) is 1. The van der Waals surface area contributed by atoms with Crippen molar-refractivity contribution < 1.29 is 4.79 Å². The van der Waals surface area contributed by atoms with E-state index in [0.29, 0.717) is 18.9 Å². The number of carbonyl (C=O) groups excluding carboxylic acids is 1. The van der Waals surface area contributed by atoms with Crippen molar-refractivity contribution in [1.29, 1.82) is 0 Å². The molecule has 4 rings (SSSR count). The van der Waals surface area contributed by atoms with E-state index in [-0.39, 0.29) is 5.91 Å². The highest BCUT2D eigenvalue weighted by Crippen LogP contribution is 2.18. The van der Waals surface area contributed by atoms with E-state index in [9.17, 15) is 4.79 Å². The Morgan fingerprint density at radius 1 is 0.931 bits per heavy atom. The Kier molecular flexibility index (Phi) is 5.89. The van der Waals surface area contributed by atoms with Gasteiger partial charge in [-0.3, -0.25) is 4.79 Å². The van der Waals surface area contributed by atoms with Crippen LogP contribution in [0, 0.1) is 10.5 Å². The van der Waals surface area contributed by atoms with Crippen molar-refractivity contribution >= 4 is 46.0 Å². The van der Waals surface area contributed by atoms with Crippen LogP contribution in [0.15, 0.2) is 54.7 Å². The van der Waals surface area contributed by atoms with Crippen molar-refractivity contribution in [3.05, 3.63) is 69.4 Å². The fourth-order valence-electron chi connectivity index (χ4n) is 3.15. The molecular formula is C21H21IN6O. The van der Waals surface area contributed by atoms with Gasteiger partial charge in [-0.2, -0.15) is 0 Å². The first-order valence-electron chi connectivity index (χ1n) is 9.42. The van der Waals surface area contributed by atoms with Crippen molar-refractivity contribution in [3.63, 3.8) is 0 Å². The Morgan fingerprint density at radius 2 is 1.66 bits per heavy atom. The third kappa shape index (κ3) is 4.81. The first kappa shape index (κ1) is 19.6. The molecule has 0 atom stereocenters. The van der Waals surface area contributed by atoms with Crippen molar-refractivity contribution in [2.75, 3.05) is 36.4 Å². The van der Waals surface area contributed by atoms with Crippen LogP contribution in [0.5, 0.6) is 0 Å². The van der Waals surface area contributed by atoms with E-state index in [0.717, 1.165) is 39.4 Å². The van der Waals surface area contributed by atoms with E-state index in [4.69, 9.17) is 0 Å². The van der Waals surface area contributed by atoms with Gasteiger partial charge in [-0.15, -0.1) is 10.2 Å². The third-order valence-corrected chi connectivity index (χ3v) is 5.52. The predicted molar refractivity (Wildman–Crippen MR) is 122 cm³/mol. The Hall–Kier alpha value is -2.75. The summed E-state index contributed by atoms with van der Waals surface area (Å²) in [6.45, 7) is 4.80. The monoisotopic (exact) mass is 500 g/mol. The zero-order valence-corrected chi connectivity index (χ0v) is 18.2. The van der Waals surface area contributed by atoms with Crippen molar-refractivity contribution in [1.82, 2.24) is 20.1 Å². The average Bonchev–Trinajstić information content (AvgIpc) is 2.76. The number of nitrogens with one attached hydrogen (secondary N) is 1. The second-order valence-electron chi connectivity index (χ2n) is 6.91. The summed E-state index contributed by atoms with van der Waals surface area (Å²) in [5, 5.41) is 11.7. The molecule has 29 heavy (non-hydrogen) atoms. The van der Waals surface area contributed by atoms with Gasteiger partial charge in [0.15, 0.2) is 11.6 Å². The van der Waals surface area contributed by atoms with Crippen LogP contribution in [-0.2, 0) is 0 Å². The Balaban J connectivity index is 1.34. The number of rotatable bonds is 4. The smallest absolute Gasteiger partial charge is 0.253 e. The van der Waals surface area contributed by atoms with Crippen molar-refractivity contribution in [2.45, 2.75) is 6.92 Å². The highest BCUT2D eigenvalue weighted by molar-refractivity contribution is 14.1. The normalized spacial score (nSPS) is 14.0. The summed E-state index contributed by atoms with van der Waals surface area (Å²) < 4.78 is 1.12. The summed E-state index contributed by atoms with van der Waals surface area (Å²) >= 11 is 2.24. The van der Waals surface area contributed by atoms with E-state index in [2.05, 4.69) is 48.0 Å². The molecule has 1 N–H and O–H groups in total. The molecule has 1 aromatic carbocycles. The van der Waals surface area contributed by atoms with E-state index >= 15 is 0 Å². The zero-order valence-electron chi connectivity index (χ0n) is 16.0. The molecule has 0 aliphatic carbocycles. The molecule has 1 amide bonds. The molecule has 1 aliphatic heterocycles. The fraction of sp³-hybridized carbons (Fsp3) is 0.238. The van der Waals surface area contributed by atoms with Gasteiger partial charge >= 0.3 is 0 Å². The van der Waals surface area contributed by atoms with Crippen LogP contribution in [-0.4, -0.2) is 52.2 Å². The van der Waals surface area contributed by atoms with Crippen LogP contribution in [0.2, 0.25) is 0 Å². The summed E-state index contributed by atoms with van der Waals surface area (Å²) in [6.07, 6.45) is 1.81. The molecule has 1 fully saturated rings. The minimum Gasteiger partial charge on any atom is -0.352 e. The van der Waals surface area contributed by atoms with Crippen LogP contribution in [0.4, 0.5) is 17.5 Å². The summed E-state index contributed by atoms with van der Waals surface area (Å²) in [7, 11) is 0. The van der Waals surface area contributed by atoms with Crippen LogP contribution in [0.1, 0.15) is 15.9 Å². The number of piperazine rings is 1. The second kappa shape index (κ2) is 8.73. The quantitative estimate of drug-likeness (QED) is 0.553. The van der Waals surface area contributed by atoms with Crippen molar-refractivity contribution in [3.8, 4) is 0 Å². The van der Waals surface area contributed by atoms with Gasteiger partial charge in [0.2, 0.25) is 0 Å². The van der Waals surface area contributed by atoms with Gasteiger partial charge in [-0.1, -0.05) is 6.07 Å². The minimum absolute atomic E-state index is 0.0808. The number of pyridine rings is 1. The largest absolute Gasteiger partial charge is 0.352 e. The molecule has 1 saturated heterocycles. The molecule has 0 spiro atoms. The molecule has 0 saturated carbocycles. The molecule has 0 radical (unpaired) electrons. The highest BCUT2D eigenvalue weighted by atomic mass is 127. The maximum atomic E-state index is 12.7. The number of amides is 1. The number of aryl methyl sites for hydroxylation is 1. The SMILES string of the molecule is Cc1ccc(Nc2ccc(N3CCN(C(=O)c4ccc(I)cc4)CC3)nn2)nc1. The van der Waals surface area contributed by atoms with Crippen LogP contribution >= 0.6 is 22.6 Å². The summed E-state index contributed by atoms with van der Waals surface area (Å²) in [5.74, 6) is 2.28. The molecule has 3 heterocycles. The third-order valence-electron chi connectivity index (χ3n) is 4.80. The maximum absolute atomic E-state index is 12.7. The second-order valence-corrected chi connectivity index (χ2v) is 8.15. The molecule has 3 aromatic rings. The summed E-state index contributed by atoms with van der Waals surface area (Å²) in [5.41, 5.74) is 1.84. The number of carbonyl (C=O) groups is 1. The topological polar surface area (TPSA) is 74.2 Å². The van der Waals surface area contributed by atoms with Gasteiger partial charge in [-0.25, -0.2) is 4.98 Å². The van der Waals surface area contributed by atoms with Gasteiger partial charge in [-0.05, 0) is 77.5 Å². The van der Waals surface area contributed by atoms with Crippen LogP contribution in [0.25, 0.3) is 0 Å². The van der Waals surface area contributed by atoms with E-state index < -0.39 is 0 Å². The summed E-state index contributed by atoms with van der Waals surface area (Å²) in [6, 6.07) is 15.4. The number of hydrogen-bond acceptors (Lipinski definition) is 6. The fourth-order valence-corrected chi connectivity index (χ4v) is 3.51. The lowest BCUT2D eigenvalue weighted by molar-refractivity contribution is 0.0746. The first-order chi connectivity index (χ1) is 14.1. The maximum Gasteiger partial charge on any atom is 0.253 e. The molecule has 2 aromatic heterocycles. The van der Waals surface area contributed by atoms with E-state index in [1.54, 1.807) is 6.20 Å². The Morgan fingerprint density at radius 3 is 2.28 bits per heavy atom. The van der Waals surface area contributed by atoms with E-state index in [1.807, 2.05) is 60.4 Å². The predicted octanol–water partition coefficient (Wildman–Crippen LogP) is 3.49. The number of nitrogens with zero attached hydrogens (tertiary/aromatic N) is 5. The Labute approximate surface area is 183 Å². The zero-order chi connectivity index (χ0) is 20.2. The molecule has 7 nitrogen and oxygen atoms in total. The number of benzene rings is 1. The van der Waals surface area contributed by atoms with Crippen molar-refractivity contribution in [2.24, 2.45) is 0 Å². The molecule has 148 valence electrons. The average molecular weight is 500 g/mol. The van der Waals surface area contributed by atoms with Gasteiger partial charge in [0.25, 0.3) is 5.91 Å². The van der Waals surface area contributed by atoms with Crippen LogP contribution in [0.3, 0.4) is 0 Å². The van der Waals surface area contributed by atoms with E-state index in [1.165, 1.54) is 0 Å². The summed E-state index contributed by atoms with van der Waals surface area (Å²) in [4.78, 5) is 21.0. The first-order valence-corrected chi connectivity index (χ1v) is 10.5. The molecule has 8 heteroatoms. The van der Waals surface area contributed by atoms with Gasteiger partial charge < -0.3 is 15.1 Å². The minimum atomic E-state index is 0.0808. The number of aromatic nitrogens is 3. The van der Waals surface area contributed by atoms with Gasteiger partial charge in [0.05, 0.1) is 0 Å². The van der Waals surface area contributed by atoms with Crippen LogP contribution < -0.4 is 10.2 Å². The lowest BCUT2D eigenvalue weighted by atomic mass is 10.2. The van der Waals surface area contributed by atoms with Gasteiger partial charge in [0.1, 0.15) is 5.82 Å². The highest BCUT2D eigenvalue weighted by Gasteiger charge is 2.23. The molecule has 1 aliphatic rings. The number of anilines is 3. The standard InChI is InChI=1S/C21H21IN6O/c1-15-2-7-18(23-14-15)24-19-8-9-20(26-25-19)27-10-12-28(13-11-27)21(29)16-3-5-17(22)6-4-16/h2-9,14H,10-13H2,1H3,(H,23,24,25). The molecule has 0 bridgehead atoms. The molecule has 0 unspecified atom stereocenters. The number of halogens is 1.